The van der Waals surface area contributed by atoms with E-state index in [1.165, 1.54) is 21.8 Å². The largest absolute Gasteiger partial charge is 0.493 e. The quantitative estimate of drug-likeness (QED) is 0.383. The number of aliphatic hydroxyl groups excluding tert-OH is 1. The van der Waals surface area contributed by atoms with Crippen molar-refractivity contribution in [3.8, 4) is 22.9 Å². The molecule has 2 N–H and O–H groups in total. The molecule has 0 aliphatic carbocycles. The van der Waals surface area contributed by atoms with Gasteiger partial charge in [0.25, 0.3) is 5.56 Å². The Morgan fingerprint density at radius 2 is 1.77 bits per heavy atom. The fraction of sp³-hybridized carbons (Fsp3) is 0.346. The summed E-state index contributed by atoms with van der Waals surface area (Å²) in [4.78, 5) is 33.5. The molecule has 0 saturated carbocycles. The maximum absolute atomic E-state index is 13.2. The van der Waals surface area contributed by atoms with Gasteiger partial charge in [-0.25, -0.2) is 9.78 Å². The number of H-pyrrole nitrogens is 1. The number of aromatic nitrogens is 4. The number of ether oxygens (including phenoxy) is 2. The first-order chi connectivity index (χ1) is 16.8. The summed E-state index contributed by atoms with van der Waals surface area (Å²) in [6.45, 7) is 1.65. The Kier molecular flexibility index (Phi) is 7.07. The van der Waals surface area contributed by atoms with E-state index in [1.54, 1.807) is 39.3 Å². The van der Waals surface area contributed by atoms with Crippen LogP contribution in [0.3, 0.4) is 0 Å². The minimum atomic E-state index is -0.821. The highest BCUT2D eigenvalue weighted by Gasteiger charge is 2.25. The number of methoxy groups -OCH3 is 2. The number of hydrogen-bond donors (Lipinski definition) is 2. The minimum Gasteiger partial charge on any atom is -0.493 e. The topological polar surface area (TPSA) is 111 Å². The van der Waals surface area contributed by atoms with Gasteiger partial charge in [0.15, 0.2) is 22.7 Å². The number of fused-ring (bicyclic) bond motifs is 1. The molecule has 0 fully saturated rings. The van der Waals surface area contributed by atoms with Gasteiger partial charge in [-0.05, 0) is 49.9 Å². The number of aliphatic hydroxyl groups is 1. The lowest BCUT2D eigenvalue weighted by atomic mass is 10.0. The van der Waals surface area contributed by atoms with E-state index in [9.17, 15) is 14.7 Å². The van der Waals surface area contributed by atoms with Crippen LogP contribution in [-0.2, 0) is 13.5 Å². The molecule has 4 aromatic rings. The highest BCUT2D eigenvalue weighted by atomic mass is 16.5. The van der Waals surface area contributed by atoms with Gasteiger partial charge in [-0.1, -0.05) is 30.3 Å². The van der Waals surface area contributed by atoms with Crippen molar-refractivity contribution in [1.29, 1.82) is 0 Å². The van der Waals surface area contributed by atoms with Crippen LogP contribution in [0, 0.1) is 0 Å². The zero-order valence-corrected chi connectivity index (χ0v) is 20.3. The van der Waals surface area contributed by atoms with E-state index in [2.05, 4.69) is 17.1 Å². The normalized spacial score (nSPS) is 13.1. The van der Waals surface area contributed by atoms with E-state index in [4.69, 9.17) is 14.5 Å². The second-order valence-corrected chi connectivity index (χ2v) is 8.55. The van der Waals surface area contributed by atoms with Crippen molar-refractivity contribution in [1.82, 2.24) is 19.1 Å². The highest BCUT2D eigenvalue weighted by molar-refractivity contribution is 5.74. The van der Waals surface area contributed by atoms with Gasteiger partial charge in [-0.2, -0.15) is 0 Å². The van der Waals surface area contributed by atoms with Crippen LogP contribution in [0.15, 0.2) is 58.1 Å². The SMILES string of the molecule is COc1ccc(-c2nc3c([nH]c(=O)n3C(CCCc3ccccc3)C(C)O)c(=O)n2C)cc1OC. The molecule has 2 atom stereocenters. The third kappa shape index (κ3) is 4.72. The monoisotopic (exact) mass is 478 g/mol. The number of imidazole rings is 1. The van der Waals surface area contributed by atoms with Gasteiger partial charge in [-0.3, -0.25) is 18.9 Å². The van der Waals surface area contributed by atoms with Crippen LogP contribution in [0.1, 0.15) is 31.4 Å². The number of benzene rings is 2. The van der Waals surface area contributed by atoms with Crippen molar-refractivity contribution in [2.75, 3.05) is 14.2 Å². The molecule has 0 aliphatic heterocycles. The Labute approximate surface area is 202 Å². The minimum absolute atomic E-state index is 0.107. The Hall–Kier alpha value is -3.85. The van der Waals surface area contributed by atoms with Gasteiger partial charge in [0.05, 0.1) is 26.4 Å². The fourth-order valence-electron chi connectivity index (χ4n) is 4.43. The molecule has 35 heavy (non-hydrogen) atoms. The number of aryl methyl sites for hydroxylation is 1. The van der Waals surface area contributed by atoms with Gasteiger partial charge in [0, 0.05) is 12.6 Å². The maximum Gasteiger partial charge on any atom is 0.328 e. The first kappa shape index (κ1) is 24.3. The van der Waals surface area contributed by atoms with Crippen molar-refractivity contribution in [3.63, 3.8) is 0 Å². The second kappa shape index (κ2) is 10.2. The third-order valence-electron chi connectivity index (χ3n) is 6.29. The third-order valence-corrected chi connectivity index (χ3v) is 6.29. The van der Waals surface area contributed by atoms with E-state index in [0.29, 0.717) is 29.3 Å². The molecule has 2 aromatic heterocycles. The summed E-state index contributed by atoms with van der Waals surface area (Å²) in [6, 6.07) is 14.7. The first-order valence-corrected chi connectivity index (χ1v) is 11.5. The summed E-state index contributed by atoms with van der Waals surface area (Å²) >= 11 is 0. The lowest BCUT2D eigenvalue weighted by Crippen LogP contribution is -2.30. The van der Waals surface area contributed by atoms with Crippen molar-refractivity contribution in [2.45, 2.75) is 38.3 Å². The zero-order valence-electron chi connectivity index (χ0n) is 20.3. The average molecular weight is 479 g/mol. The molecule has 2 heterocycles. The molecule has 9 nitrogen and oxygen atoms in total. The number of rotatable bonds is 9. The summed E-state index contributed by atoms with van der Waals surface area (Å²) in [5.41, 5.74) is 1.28. The standard InChI is InChI=1S/C26H30N4O5/c1-16(31)19(12-8-11-17-9-6-5-7-10-17)30-24-22(27-26(30)33)25(32)29(2)23(28-24)18-13-14-20(34-3)21(15-18)35-4/h5-7,9-10,13-16,19,31H,8,11-12H2,1-4H3,(H,27,33). The van der Waals surface area contributed by atoms with E-state index in [1.807, 2.05) is 18.2 Å². The van der Waals surface area contributed by atoms with Crippen LogP contribution in [0.4, 0.5) is 0 Å². The number of nitrogens with zero attached hydrogens (tertiary/aromatic N) is 3. The van der Waals surface area contributed by atoms with E-state index >= 15 is 0 Å². The average Bonchev–Trinajstić information content (AvgIpc) is 3.19. The Bertz CT molecular complexity index is 1440. The lowest BCUT2D eigenvalue weighted by Gasteiger charge is -2.21. The number of aromatic amines is 1. The Morgan fingerprint density at radius 1 is 1.06 bits per heavy atom. The zero-order chi connectivity index (χ0) is 25.1. The summed E-state index contributed by atoms with van der Waals surface area (Å²) in [5.74, 6) is 1.41. The Balaban J connectivity index is 1.78. The van der Waals surface area contributed by atoms with Crippen molar-refractivity contribution in [2.24, 2.45) is 7.05 Å². The van der Waals surface area contributed by atoms with Crippen molar-refractivity contribution < 1.29 is 14.6 Å². The summed E-state index contributed by atoms with van der Waals surface area (Å²) in [5, 5.41) is 10.6. The van der Waals surface area contributed by atoms with Crippen LogP contribution in [0.2, 0.25) is 0 Å². The van der Waals surface area contributed by atoms with E-state index in [-0.39, 0.29) is 16.7 Å². The van der Waals surface area contributed by atoms with Crippen molar-refractivity contribution in [3.05, 3.63) is 74.9 Å². The molecule has 0 saturated heterocycles. The smallest absolute Gasteiger partial charge is 0.328 e. The van der Waals surface area contributed by atoms with Gasteiger partial charge in [0.2, 0.25) is 0 Å². The van der Waals surface area contributed by atoms with E-state index in [0.717, 1.165) is 12.8 Å². The van der Waals surface area contributed by atoms with Crippen molar-refractivity contribution >= 4 is 11.2 Å². The molecule has 0 bridgehead atoms. The molecule has 0 radical (unpaired) electrons. The van der Waals surface area contributed by atoms with E-state index < -0.39 is 17.8 Å². The predicted molar refractivity (Wildman–Crippen MR) is 134 cm³/mol. The molecule has 0 amide bonds. The maximum atomic E-state index is 13.2. The molecule has 0 spiro atoms. The molecule has 2 aromatic carbocycles. The molecular weight excluding hydrogens is 448 g/mol. The van der Waals surface area contributed by atoms with Crippen LogP contribution in [0.25, 0.3) is 22.6 Å². The van der Waals surface area contributed by atoms with Gasteiger partial charge in [0.1, 0.15) is 5.82 Å². The highest BCUT2D eigenvalue weighted by Crippen LogP contribution is 2.32. The fourth-order valence-corrected chi connectivity index (χ4v) is 4.43. The number of hydrogen-bond acceptors (Lipinski definition) is 6. The molecule has 4 rings (SSSR count). The summed E-state index contributed by atoms with van der Waals surface area (Å²) in [7, 11) is 4.68. The molecule has 9 heteroatoms. The van der Waals surface area contributed by atoms with Gasteiger partial charge in [-0.15, -0.1) is 0 Å². The van der Waals surface area contributed by atoms with Crippen LogP contribution >= 0.6 is 0 Å². The van der Waals surface area contributed by atoms with Crippen LogP contribution in [-0.4, -0.2) is 44.5 Å². The molecule has 0 aliphatic rings. The van der Waals surface area contributed by atoms with Crippen LogP contribution < -0.4 is 20.7 Å². The second-order valence-electron chi connectivity index (χ2n) is 8.55. The summed E-state index contributed by atoms with van der Waals surface area (Å²) < 4.78 is 13.5. The van der Waals surface area contributed by atoms with Gasteiger partial charge >= 0.3 is 5.69 Å². The number of nitrogens with one attached hydrogen (secondary N) is 1. The lowest BCUT2D eigenvalue weighted by molar-refractivity contribution is 0.123. The first-order valence-electron chi connectivity index (χ1n) is 11.5. The van der Waals surface area contributed by atoms with Gasteiger partial charge < -0.3 is 14.6 Å². The van der Waals surface area contributed by atoms with Crippen LogP contribution in [0.5, 0.6) is 11.5 Å². The molecular formula is C26H30N4O5. The Morgan fingerprint density at radius 3 is 2.43 bits per heavy atom. The predicted octanol–water partition coefficient (Wildman–Crippen LogP) is 3.05. The summed E-state index contributed by atoms with van der Waals surface area (Å²) in [6.07, 6.45) is 1.29. The molecule has 2 unspecified atom stereocenters. The molecule has 184 valence electrons.